The number of unbranched alkanes of at least 4 members (excludes halogenated alkanes) is 1. The number of aromatic nitrogens is 2. The van der Waals surface area contributed by atoms with Gasteiger partial charge in [0, 0.05) is 12.6 Å². The van der Waals surface area contributed by atoms with Crippen LogP contribution in [0.3, 0.4) is 0 Å². The van der Waals surface area contributed by atoms with Crippen LogP contribution in [0.2, 0.25) is 0 Å². The van der Waals surface area contributed by atoms with E-state index in [0.29, 0.717) is 12.0 Å². The van der Waals surface area contributed by atoms with E-state index < -0.39 is 5.82 Å². The molecule has 0 unspecified atom stereocenters. The van der Waals surface area contributed by atoms with Gasteiger partial charge in [0.1, 0.15) is 0 Å². The second kappa shape index (κ2) is 7.17. The fourth-order valence-corrected chi connectivity index (χ4v) is 1.35. The molecule has 0 fully saturated rings. The molecule has 5 heteroatoms. The van der Waals surface area contributed by atoms with Crippen LogP contribution >= 0.6 is 0 Å². The van der Waals surface area contributed by atoms with Crippen LogP contribution in [0.5, 0.6) is 0 Å². The molecule has 0 aliphatic carbocycles. The maximum Gasteiger partial charge on any atom is 0.222 e. The summed E-state index contributed by atoms with van der Waals surface area (Å²) >= 11 is 0. The van der Waals surface area contributed by atoms with E-state index >= 15 is 0 Å². The molecular formula is C12H21FN4. The molecule has 1 N–H and O–H groups in total. The fraction of sp³-hybridized carbons (Fsp3) is 0.667. The summed E-state index contributed by atoms with van der Waals surface area (Å²) in [7, 11) is 2.13. The quantitative estimate of drug-likeness (QED) is 0.741. The van der Waals surface area contributed by atoms with Crippen molar-refractivity contribution in [2.45, 2.75) is 32.7 Å². The largest absolute Gasteiger partial charge is 0.354 e. The Balaban J connectivity index is 2.10. The molecule has 0 radical (unpaired) electrons. The molecule has 0 aliphatic heterocycles. The summed E-state index contributed by atoms with van der Waals surface area (Å²) in [5.74, 6) is 0.0812. The van der Waals surface area contributed by atoms with Gasteiger partial charge in [0.2, 0.25) is 5.95 Å². The number of halogens is 1. The molecule has 1 aromatic rings. The summed E-state index contributed by atoms with van der Waals surface area (Å²) in [4.78, 5) is 9.98. The first-order chi connectivity index (χ1) is 8.09. The molecule has 0 saturated heterocycles. The predicted octanol–water partition coefficient (Wildman–Crippen LogP) is 2.15. The van der Waals surface area contributed by atoms with Gasteiger partial charge in [-0.2, -0.15) is 0 Å². The molecule has 0 aromatic carbocycles. The Hall–Kier alpha value is -1.23. The van der Waals surface area contributed by atoms with Crippen molar-refractivity contribution < 1.29 is 4.39 Å². The minimum Gasteiger partial charge on any atom is -0.354 e. The Morgan fingerprint density at radius 2 is 1.94 bits per heavy atom. The van der Waals surface area contributed by atoms with Gasteiger partial charge in [0.25, 0.3) is 0 Å². The summed E-state index contributed by atoms with van der Waals surface area (Å²) < 4.78 is 12.5. The minimum atomic E-state index is -0.408. The zero-order chi connectivity index (χ0) is 12.7. The fourth-order valence-electron chi connectivity index (χ4n) is 1.35. The summed E-state index contributed by atoms with van der Waals surface area (Å²) in [6.45, 7) is 6.27. The second-order valence-corrected chi connectivity index (χ2v) is 4.43. The van der Waals surface area contributed by atoms with E-state index in [1.54, 1.807) is 0 Å². The first-order valence-corrected chi connectivity index (χ1v) is 6.01. The highest BCUT2D eigenvalue weighted by Gasteiger charge is 2.02. The smallest absolute Gasteiger partial charge is 0.222 e. The lowest BCUT2D eigenvalue weighted by atomic mass is 10.2. The van der Waals surface area contributed by atoms with E-state index in [0.717, 1.165) is 25.9 Å². The number of hydrogen-bond donors (Lipinski definition) is 1. The van der Waals surface area contributed by atoms with E-state index in [9.17, 15) is 4.39 Å². The van der Waals surface area contributed by atoms with E-state index in [-0.39, 0.29) is 0 Å². The molecule has 0 bridgehead atoms. The van der Waals surface area contributed by atoms with Crippen LogP contribution in [0.15, 0.2) is 12.4 Å². The van der Waals surface area contributed by atoms with E-state index in [4.69, 9.17) is 0 Å². The second-order valence-electron chi connectivity index (χ2n) is 4.43. The molecular weight excluding hydrogens is 219 g/mol. The summed E-state index contributed by atoms with van der Waals surface area (Å²) in [5, 5.41) is 3.07. The van der Waals surface area contributed by atoms with Crippen molar-refractivity contribution >= 4 is 5.95 Å². The number of rotatable bonds is 7. The molecule has 0 atom stereocenters. The molecule has 1 heterocycles. The van der Waals surface area contributed by atoms with Crippen molar-refractivity contribution in [2.75, 3.05) is 25.5 Å². The van der Waals surface area contributed by atoms with Gasteiger partial charge in [-0.25, -0.2) is 14.4 Å². The highest BCUT2D eigenvalue weighted by molar-refractivity contribution is 5.21. The van der Waals surface area contributed by atoms with E-state index in [1.165, 1.54) is 12.4 Å². The number of nitrogens with zero attached hydrogens (tertiary/aromatic N) is 3. The first-order valence-electron chi connectivity index (χ1n) is 6.01. The van der Waals surface area contributed by atoms with Crippen LogP contribution in [0.4, 0.5) is 10.3 Å². The normalized spacial score (nSPS) is 11.2. The highest BCUT2D eigenvalue weighted by atomic mass is 19.1. The molecule has 0 amide bonds. The maximum atomic E-state index is 12.5. The monoisotopic (exact) mass is 240 g/mol. The van der Waals surface area contributed by atoms with Gasteiger partial charge in [-0.1, -0.05) is 0 Å². The average Bonchev–Trinajstić information content (AvgIpc) is 2.30. The van der Waals surface area contributed by atoms with Gasteiger partial charge in [-0.05, 0) is 40.3 Å². The molecule has 17 heavy (non-hydrogen) atoms. The zero-order valence-electron chi connectivity index (χ0n) is 10.8. The van der Waals surface area contributed by atoms with Crippen LogP contribution in [-0.2, 0) is 0 Å². The third kappa shape index (κ3) is 5.58. The molecule has 0 aliphatic rings. The van der Waals surface area contributed by atoms with Gasteiger partial charge >= 0.3 is 0 Å². The van der Waals surface area contributed by atoms with Crippen molar-refractivity contribution in [2.24, 2.45) is 0 Å². The third-order valence-electron chi connectivity index (χ3n) is 2.72. The topological polar surface area (TPSA) is 41.0 Å². The van der Waals surface area contributed by atoms with Crippen LogP contribution in [-0.4, -0.2) is 41.0 Å². The molecule has 4 nitrogen and oxygen atoms in total. The van der Waals surface area contributed by atoms with Crippen molar-refractivity contribution in [3.8, 4) is 0 Å². The summed E-state index contributed by atoms with van der Waals surface area (Å²) in [5.41, 5.74) is 0. The molecule has 0 spiro atoms. The highest BCUT2D eigenvalue weighted by Crippen LogP contribution is 2.01. The molecule has 1 rings (SSSR count). The van der Waals surface area contributed by atoms with Crippen LogP contribution < -0.4 is 5.32 Å². The standard InChI is InChI=1S/C12H21FN4/c1-10(2)17(3)7-5-4-6-14-12-15-8-11(13)9-16-12/h8-10H,4-7H2,1-3H3,(H,14,15,16). The lowest BCUT2D eigenvalue weighted by Gasteiger charge is -2.20. The Kier molecular flexibility index (Phi) is 5.83. The van der Waals surface area contributed by atoms with Crippen LogP contribution in [0, 0.1) is 5.82 Å². The zero-order valence-corrected chi connectivity index (χ0v) is 10.8. The van der Waals surface area contributed by atoms with Crippen molar-refractivity contribution in [1.29, 1.82) is 0 Å². The van der Waals surface area contributed by atoms with Gasteiger partial charge in [0.05, 0.1) is 12.4 Å². The lowest BCUT2D eigenvalue weighted by molar-refractivity contribution is 0.269. The van der Waals surface area contributed by atoms with Crippen molar-refractivity contribution in [3.63, 3.8) is 0 Å². The average molecular weight is 240 g/mol. The van der Waals surface area contributed by atoms with Gasteiger partial charge < -0.3 is 10.2 Å². The molecule has 0 saturated carbocycles. The van der Waals surface area contributed by atoms with Gasteiger partial charge in [-0.3, -0.25) is 0 Å². The summed E-state index contributed by atoms with van der Waals surface area (Å²) in [6, 6.07) is 0.586. The van der Waals surface area contributed by atoms with Crippen LogP contribution in [0.25, 0.3) is 0 Å². The van der Waals surface area contributed by atoms with E-state index in [1.807, 2.05) is 0 Å². The number of nitrogens with one attached hydrogen (secondary N) is 1. The van der Waals surface area contributed by atoms with Crippen LogP contribution in [0.1, 0.15) is 26.7 Å². The molecule has 96 valence electrons. The Bertz CT molecular complexity index is 313. The van der Waals surface area contributed by atoms with E-state index in [2.05, 4.69) is 41.1 Å². The van der Waals surface area contributed by atoms with Gasteiger partial charge in [-0.15, -0.1) is 0 Å². The Morgan fingerprint density at radius 3 is 2.53 bits per heavy atom. The SMILES string of the molecule is CC(C)N(C)CCCCNc1ncc(F)cn1. The number of hydrogen-bond acceptors (Lipinski definition) is 4. The van der Waals surface area contributed by atoms with Crippen molar-refractivity contribution in [3.05, 3.63) is 18.2 Å². The van der Waals surface area contributed by atoms with Crippen molar-refractivity contribution in [1.82, 2.24) is 14.9 Å². The Morgan fingerprint density at radius 1 is 1.29 bits per heavy atom. The minimum absolute atomic E-state index is 0.408. The predicted molar refractivity (Wildman–Crippen MR) is 67.5 cm³/mol. The third-order valence-corrected chi connectivity index (χ3v) is 2.72. The summed E-state index contributed by atoms with van der Waals surface area (Å²) in [6.07, 6.45) is 4.52. The Labute approximate surface area is 102 Å². The lowest BCUT2D eigenvalue weighted by Crippen LogP contribution is -2.27. The van der Waals surface area contributed by atoms with Gasteiger partial charge in [0.15, 0.2) is 5.82 Å². The first kappa shape index (κ1) is 13.8. The molecule has 1 aromatic heterocycles. The number of anilines is 1. The maximum absolute atomic E-state index is 12.5.